The van der Waals surface area contributed by atoms with Gasteiger partial charge in [-0.05, 0) is 41.5 Å². The van der Waals surface area contributed by atoms with Crippen LogP contribution in [0.3, 0.4) is 0 Å². The molecule has 2 atom stereocenters. The lowest BCUT2D eigenvalue weighted by molar-refractivity contribution is -0.145. The van der Waals surface area contributed by atoms with E-state index in [1.54, 1.807) is 41.5 Å². The van der Waals surface area contributed by atoms with Gasteiger partial charge in [-0.1, -0.05) is 0 Å². The van der Waals surface area contributed by atoms with Gasteiger partial charge in [-0.25, -0.2) is 19.2 Å². The molecular weight excluding hydrogens is 414 g/mol. The maximum atomic E-state index is 12.3. The van der Waals surface area contributed by atoms with Gasteiger partial charge < -0.3 is 34.9 Å². The van der Waals surface area contributed by atoms with Crippen LogP contribution in [0.5, 0.6) is 0 Å². The molecule has 0 aliphatic rings. The lowest BCUT2D eigenvalue weighted by Crippen LogP contribution is -2.51. The van der Waals surface area contributed by atoms with Gasteiger partial charge in [0.2, 0.25) is 5.91 Å². The molecule has 0 fully saturated rings. The summed E-state index contributed by atoms with van der Waals surface area (Å²) in [5, 5.41) is 6.94. The molecule has 3 N–H and O–H groups in total. The Bertz CT molecular complexity index is 666. The normalized spacial score (nSPS) is 13.2. The molecule has 0 aliphatic carbocycles. The van der Waals surface area contributed by atoms with E-state index in [0.717, 1.165) is 14.2 Å². The lowest BCUT2D eigenvalue weighted by Gasteiger charge is -2.23. The van der Waals surface area contributed by atoms with Crippen molar-refractivity contribution in [3.8, 4) is 0 Å². The van der Waals surface area contributed by atoms with Crippen LogP contribution in [-0.2, 0) is 33.3 Å². The Balaban J connectivity index is 4.99. The summed E-state index contributed by atoms with van der Waals surface area (Å²) in [6.45, 7) is 9.50. The molecular formula is C19H33N3O9. The van der Waals surface area contributed by atoms with Crippen molar-refractivity contribution in [3.05, 3.63) is 0 Å². The summed E-state index contributed by atoms with van der Waals surface area (Å²) in [5.74, 6) is -2.38. The molecule has 12 heteroatoms. The first-order valence-corrected chi connectivity index (χ1v) is 9.49. The third kappa shape index (κ3) is 13.0. The zero-order valence-electron chi connectivity index (χ0n) is 19.2. The second kappa shape index (κ2) is 12.0. The lowest BCUT2D eigenvalue weighted by atomic mass is 10.2. The monoisotopic (exact) mass is 447 g/mol. The zero-order chi connectivity index (χ0) is 24.4. The maximum absolute atomic E-state index is 12.3. The van der Waals surface area contributed by atoms with E-state index < -0.39 is 59.7 Å². The number of amides is 3. The minimum Gasteiger partial charge on any atom is -0.467 e. The van der Waals surface area contributed by atoms with E-state index in [0.29, 0.717) is 0 Å². The van der Waals surface area contributed by atoms with E-state index in [9.17, 15) is 24.0 Å². The summed E-state index contributed by atoms with van der Waals surface area (Å²) in [6, 6.07) is -2.56. The number of carbonyl (C=O) groups excluding carboxylic acids is 5. The molecule has 0 radical (unpaired) electrons. The molecule has 31 heavy (non-hydrogen) atoms. The molecule has 3 amide bonds. The summed E-state index contributed by atoms with van der Waals surface area (Å²) >= 11 is 0. The van der Waals surface area contributed by atoms with E-state index in [2.05, 4.69) is 25.4 Å². The van der Waals surface area contributed by atoms with E-state index in [4.69, 9.17) is 9.47 Å². The average molecular weight is 447 g/mol. The SMILES string of the molecule is COC(=O)[C@H](CNC(=O)C[C@H](NC(=O)OC(C)(C)C)C(=O)OC)NC(=O)OC(C)(C)C. The minimum absolute atomic E-state index is 0.342. The van der Waals surface area contributed by atoms with E-state index >= 15 is 0 Å². The first-order valence-electron chi connectivity index (χ1n) is 9.49. The molecule has 0 rings (SSSR count). The summed E-state index contributed by atoms with van der Waals surface area (Å²) < 4.78 is 19.3. The number of methoxy groups -OCH3 is 2. The second-order valence-electron chi connectivity index (χ2n) is 8.45. The smallest absolute Gasteiger partial charge is 0.408 e. The van der Waals surface area contributed by atoms with Gasteiger partial charge in [0.25, 0.3) is 0 Å². The van der Waals surface area contributed by atoms with Gasteiger partial charge in [0, 0.05) is 6.54 Å². The van der Waals surface area contributed by atoms with Crippen LogP contribution >= 0.6 is 0 Å². The fraction of sp³-hybridized carbons (Fsp3) is 0.737. The molecule has 0 aliphatic heterocycles. The van der Waals surface area contributed by atoms with Crippen LogP contribution < -0.4 is 16.0 Å². The first-order chi connectivity index (χ1) is 14.1. The topological polar surface area (TPSA) is 158 Å². The van der Waals surface area contributed by atoms with Crippen LogP contribution in [0.1, 0.15) is 48.0 Å². The summed E-state index contributed by atoms with van der Waals surface area (Å²) in [5.41, 5.74) is -1.61. The largest absolute Gasteiger partial charge is 0.467 e. The number of nitrogens with one attached hydrogen (secondary N) is 3. The quantitative estimate of drug-likeness (QED) is 0.358. The van der Waals surface area contributed by atoms with E-state index in [-0.39, 0.29) is 6.54 Å². The summed E-state index contributed by atoms with van der Waals surface area (Å²) in [4.78, 5) is 59.9. The number of esters is 2. The molecule has 0 unspecified atom stereocenters. The van der Waals surface area contributed by atoms with Crippen molar-refractivity contribution in [3.63, 3.8) is 0 Å². The van der Waals surface area contributed by atoms with Gasteiger partial charge in [-0.3, -0.25) is 4.79 Å². The highest BCUT2D eigenvalue weighted by molar-refractivity contribution is 5.88. The second-order valence-corrected chi connectivity index (χ2v) is 8.45. The molecule has 0 aromatic heterocycles. The Morgan fingerprint density at radius 1 is 0.710 bits per heavy atom. The Labute approximate surface area is 181 Å². The van der Waals surface area contributed by atoms with Crippen molar-refractivity contribution in [2.45, 2.75) is 71.2 Å². The van der Waals surface area contributed by atoms with Crippen molar-refractivity contribution in [2.75, 3.05) is 20.8 Å². The molecule has 0 heterocycles. The van der Waals surface area contributed by atoms with Crippen LogP contribution in [0, 0.1) is 0 Å². The Morgan fingerprint density at radius 3 is 1.48 bits per heavy atom. The maximum Gasteiger partial charge on any atom is 0.408 e. The van der Waals surface area contributed by atoms with E-state index in [1.165, 1.54) is 0 Å². The van der Waals surface area contributed by atoms with E-state index in [1.807, 2.05) is 0 Å². The highest BCUT2D eigenvalue weighted by Gasteiger charge is 2.29. The van der Waals surface area contributed by atoms with Crippen LogP contribution in [0.15, 0.2) is 0 Å². The Morgan fingerprint density at radius 2 is 1.10 bits per heavy atom. The molecule has 0 saturated carbocycles. The van der Waals surface area contributed by atoms with Crippen LogP contribution in [0.2, 0.25) is 0 Å². The van der Waals surface area contributed by atoms with Gasteiger partial charge in [-0.2, -0.15) is 0 Å². The molecule has 0 aromatic carbocycles. The molecule has 178 valence electrons. The number of hydrogen-bond donors (Lipinski definition) is 3. The molecule has 12 nitrogen and oxygen atoms in total. The first kappa shape index (κ1) is 27.9. The van der Waals surface area contributed by atoms with Crippen molar-refractivity contribution in [1.29, 1.82) is 0 Å². The van der Waals surface area contributed by atoms with Gasteiger partial charge >= 0.3 is 24.1 Å². The number of hydrogen-bond acceptors (Lipinski definition) is 9. The average Bonchev–Trinajstić information content (AvgIpc) is 2.60. The molecule has 0 spiro atoms. The van der Waals surface area contributed by atoms with Crippen LogP contribution in [-0.4, -0.2) is 74.1 Å². The highest BCUT2D eigenvalue weighted by atomic mass is 16.6. The highest BCUT2D eigenvalue weighted by Crippen LogP contribution is 2.08. The van der Waals surface area contributed by atoms with Gasteiger partial charge in [0.05, 0.1) is 20.6 Å². The van der Waals surface area contributed by atoms with Gasteiger partial charge in [0.15, 0.2) is 0 Å². The fourth-order valence-electron chi connectivity index (χ4n) is 2.04. The third-order valence-corrected chi connectivity index (χ3v) is 3.25. The van der Waals surface area contributed by atoms with Crippen molar-refractivity contribution in [2.24, 2.45) is 0 Å². The predicted octanol–water partition coefficient (Wildman–Crippen LogP) is 0.625. The van der Waals surface area contributed by atoms with Crippen molar-refractivity contribution >= 4 is 30.0 Å². The standard InChI is InChI=1S/C19H33N3O9/c1-18(2,3)30-16(26)21-11(14(24)28-7)9-13(23)20-10-12(15(25)29-8)22-17(27)31-19(4,5)6/h11-12H,9-10H2,1-8H3,(H,20,23)(H,21,26)(H,22,27)/t11-,12-/m0/s1. The number of alkyl carbamates (subject to hydrolysis) is 2. The number of carbonyl (C=O) groups is 5. The predicted molar refractivity (Wildman–Crippen MR) is 108 cm³/mol. The van der Waals surface area contributed by atoms with Crippen molar-refractivity contribution < 1.29 is 42.9 Å². The van der Waals surface area contributed by atoms with Gasteiger partial charge in [-0.15, -0.1) is 0 Å². The summed E-state index contributed by atoms with van der Waals surface area (Å²) in [7, 11) is 2.22. The fourth-order valence-corrected chi connectivity index (χ4v) is 2.04. The number of rotatable bonds is 8. The van der Waals surface area contributed by atoms with Crippen molar-refractivity contribution in [1.82, 2.24) is 16.0 Å². The summed E-state index contributed by atoms with van der Waals surface area (Å²) in [6.07, 6.45) is -2.28. The zero-order valence-corrected chi connectivity index (χ0v) is 19.2. The molecule has 0 saturated heterocycles. The third-order valence-electron chi connectivity index (χ3n) is 3.25. The van der Waals surface area contributed by atoms with Crippen LogP contribution in [0.4, 0.5) is 9.59 Å². The Kier molecular flexibility index (Phi) is 10.8. The molecule has 0 aromatic rings. The van der Waals surface area contributed by atoms with Crippen LogP contribution in [0.25, 0.3) is 0 Å². The van der Waals surface area contributed by atoms with Gasteiger partial charge in [0.1, 0.15) is 23.3 Å². The number of ether oxygens (including phenoxy) is 4. The molecule has 0 bridgehead atoms. The Hall–Kier alpha value is -3.05. The minimum atomic E-state index is -1.32.